The zero-order chi connectivity index (χ0) is 11.1. The van der Waals surface area contributed by atoms with Crippen LogP contribution in [0.25, 0.3) is 0 Å². The van der Waals surface area contributed by atoms with E-state index in [4.69, 9.17) is 23.2 Å². The molecule has 1 aliphatic rings. The Labute approximate surface area is 101 Å². The molecule has 1 aliphatic carbocycles. The van der Waals surface area contributed by atoms with Crippen LogP contribution in [0.4, 0.5) is 0 Å². The predicted molar refractivity (Wildman–Crippen MR) is 65.5 cm³/mol. The van der Waals surface area contributed by atoms with Gasteiger partial charge in [0, 0.05) is 28.2 Å². The Balaban J connectivity index is 2.00. The number of hydrogen-bond donors (Lipinski definition) is 1. The summed E-state index contributed by atoms with van der Waals surface area (Å²) in [5.74, 6) is 0. The molecule has 1 nitrogen and oxygen atoms in total. The summed E-state index contributed by atoms with van der Waals surface area (Å²) in [6, 6.07) is 6.23. The molecule has 15 heavy (non-hydrogen) atoms. The van der Waals surface area contributed by atoms with Crippen molar-refractivity contribution in [2.24, 2.45) is 5.41 Å². The van der Waals surface area contributed by atoms with Gasteiger partial charge in [-0.1, -0.05) is 43.1 Å². The van der Waals surface area contributed by atoms with E-state index in [1.807, 2.05) is 18.2 Å². The summed E-state index contributed by atoms with van der Waals surface area (Å²) in [5.41, 5.74) is 1.44. The van der Waals surface area contributed by atoms with Gasteiger partial charge in [0.05, 0.1) is 0 Å². The standard InChI is InChI=1S/C12H15Cl2N/c1-12(2)6-11(12)15-7-8-9(13)4-3-5-10(8)14/h3-5,11,15H,6-7H2,1-2H3. The monoisotopic (exact) mass is 243 g/mol. The molecule has 0 aliphatic heterocycles. The summed E-state index contributed by atoms with van der Waals surface area (Å²) in [6.45, 7) is 5.28. The van der Waals surface area contributed by atoms with Crippen LogP contribution in [0.2, 0.25) is 10.0 Å². The van der Waals surface area contributed by atoms with Crippen LogP contribution in [0, 0.1) is 5.41 Å². The molecule has 0 amide bonds. The highest BCUT2D eigenvalue weighted by Crippen LogP contribution is 2.44. The summed E-state index contributed by atoms with van der Waals surface area (Å²) >= 11 is 12.2. The Morgan fingerprint density at radius 2 is 1.87 bits per heavy atom. The van der Waals surface area contributed by atoms with E-state index >= 15 is 0 Å². The van der Waals surface area contributed by atoms with Crippen molar-refractivity contribution in [1.29, 1.82) is 0 Å². The van der Waals surface area contributed by atoms with Crippen LogP contribution in [0.5, 0.6) is 0 Å². The third kappa shape index (κ3) is 2.47. The summed E-state index contributed by atoms with van der Waals surface area (Å²) in [7, 11) is 0. The summed E-state index contributed by atoms with van der Waals surface area (Å²) in [6.07, 6.45) is 1.23. The van der Waals surface area contributed by atoms with Gasteiger partial charge in [0.1, 0.15) is 0 Å². The molecular formula is C12H15Cl2N. The van der Waals surface area contributed by atoms with Gasteiger partial charge in [0.25, 0.3) is 0 Å². The van der Waals surface area contributed by atoms with Crippen molar-refractivity contribution in [2.75, 3.05) is 0 Å². The van der Waals surface area contributed by atoms with E-state index < -0.39 is 0 Å². The first-order valence-electron chi connectivity index (χ1n) is 5.17. The van der Waals surface area contributed by atoms with E-state index in [2.05, 4.69) is 19.2 Å². The summed E-state index contributed by atoms with van der Waals surface area (Å²) in [4.78, 5) is 0. The molecule has 1 aromatic carbocycles. The van der Waals surface area contributed by atoms with Crippen LogP contribution < -0.4 is 5.32 Å². The molecule has 1 unspecified atom stereocenters. The first-order valence-corrected chi connectivity index (χ1v) is 5.92. The van der Waals surface area contributed by atoms with Crippen molar-refractivity contribution in [2.45, 2.75) is 32.9 Å². The first-order chi connectivity index (χ1) is 7.00. The second-order valence-corrected chi connectivity index (χ2v) is 5.64. The fourth-order valence-electron chi connectivity index (χ4n) is 1.74. The van der Waals surface area contributed by atoms with E-state index in [1.165, 1.54) is 6.42 Å². The highest BCUT2D eigenvalue weighted by atomic mass is 35.5. The molecule has 0 heterocycles. The Kier molecular flexibility index (Phi) is 2.98. The summed E-state index contributed by atoms with van der Waals surface area (Å²) < 4.78 is 0. The lowest BCUT2D eigenvalue weighted by molar-refractivity contribution is 0.542. The molecule has 82 valence electrons. The van der Waals surface area contributed by atoms with Crippen molar-refractivity contribution in [3.63, 3.8) is 0 Å². The molecule has 0 bridgehead atoms. The average molecular weight is 244 g/mol. The van der Waals surface area contributed by atoms with Gasteiger partial charge in [-0.25, -0.2) is 0 Å². The van der Waals surface area contributed by atoms with Crippen molar-refractivity contribution >= 4 is 23.2 Å². The smallest absolute Gasteiger partial charge is 0.0465 e. The minimum Gasteiger partial charge on any atom is -0.309 e. The van der Waals surface area contributed by atoms with E-state index in [9.17, 15) is 0 Å². The SMILES string of the molecule is CC1(C)CC1NCc1c(Cl)cccc1Cl. The van der Waals surface area contributed by atoms with Crippen LogP contribution in [0.3, 0.4) is 0 Å². The van der Waals surface area contributed by atoms with Crippen molar-refractivity contribution < 1.29 is 0 Å². The molecule has 0 aromatic heterocycles. The minimum absolute atomic E-state index is 0.438. The Bertz CT molecular complexity index is 354. The number of hydrogen-bond acceptors (Lipinski definition) is 1. The van der Waals surface area contributed by atoms with Crippen LogP contribution in [0.15, 0.2) is 18.2 Å². The highest BCUT2D eigenvalue weighted by Gasteiger charge is 2.45. The molecular weight excluding hydrogens is 229 g/mol. The molecule has 1 saturated carbocycles. The maximum atomic E-state index is 6.08. The summed E-state index contributed by atoms with van der Waals surface area (Å²) in [5, 5.41) is 4.96. The van der Waals surface area contributed by atoms with E-state index in [0.29, 0.717) is 11.5 Å². The van der Waals surface area contributed by atoms with Gasteiger partial charge >= 0.3 is 0 Å². The highest BCUT2D eigenvalue weighted by molar-refractivity contribution is 6.35. The third-order valence-electron chi connectivity index (χ3n) is 3.10. The third-order valence-corrected chi connectivity index (χ3v) is 3.81. The van der Waals surface area contributed by atoms with Gasteiger partial charge in [-0.05, 0) is 24.0 Å². The van der Waals surface area contributed by atoms with Gasteiger partial charge in [-0.2, -0.15) is 0 Å². The molecule has 0 spiro atoms. The fourth-order valence-corrected chi connectivity index (χ4v) is 2.27. The predicted octanol–water partition coefficient (Wildman–Crippen LogP) is 3.88. The van der Waals surface area contributed by atoms with E-state index in [0.717, 1.165) is 22.2 Å². The van der Waals surface area contributed by atoms with Crippen molar-refractivity contribution in [3.05, 3.63) is 33.8 Å². The number of nitrogens with one attached hydrogen (secondary N) is 1. The van der Waals surface area contributed by atoms with Crippen LogP contribution >= 0.6 is 23.2 Å². The lowest BCUT2D eigenvalue weighted by atomic mass is 10.2. The number of halogens is 2. The second kappa shape index (κ2) is 3.97. The van der Waals surface area contributed by atoms with Crippen molar-refractivity contribution in [3.8, 4) is 0 Å². The first kappa shape index (κ1) is 11.3. The number of rotatable bonds is 3. The topological polar surface area (TPSA) is 12.0 Å². The van der Waals surface area contributed by atoms with Crippen LogP contribution in [-0.4, -0.2) is 6.04 Å². The quantitative estimate of drug-likeness (QED) is 0.850. The van der Waals surface area contributed by atoms with Gasteiger partial charge in [-0.3, -0.25) is 0 Å². The zero-order valence-electron chi connectivity index (χ0n) is 8.98. The Hall–Kier alpha value is -0.240. The van der Waals surface area contributed by atoms with Gasteiger partial charge in [0.2, 0.25) is 0 Å². The molecule has 1 fully saturated rings. The normalized spacial score (nSPS) is 22.8. The molecule has 0 radical (unpaired) electrons. The Morgan fingerprint density at radius 1 is 1.33 bits per heavy atom. The average Bonchev–Trinajstić information content (AvgIpc) is 2.73. The lowest BCUT2D eigenvalue weighted by Crippen LogP contribution is -2.20. The molecule has 1 atom stereocenters. The van der Waals surface area contributed by atoms with Gasteiger partial charge in [0.15, 0.2) is 0 Å². The van der Waals surface area contributed by atoms with Crippen LogP contribution in [0.1, 0.15) is 25.8 Å². The lowest BCUT2D eigenvalue weighted by Gasteiger charge is -2.09. The van der Waals surface area contributed by atoms with E-state index in [-0.39, 0.29) is 0 Å². The van der Waals surface area contributed by atoms with Crippen molar-refractivity contribution in [1.82, 2.24) is 5.32 Å². The molecule has 3 heteroatoms. The van der Waals surface area contributed by atoms with Gasteiger partial charge in [-0.15, -0.1) is 0 Å². The maximum absolute atomic E-state index is 6.08. The molecule has 2 rings (SSSR count). The minimum atomic E-state index is 0.438. The fraction of sp³-hybridized carbons (Fsp3) is 0.500. The largest absolute Gasteiger partial charge is 0.309 e. The zero-order valence-corrected chi connectivity index (χ0v) is 10.5. The molecule has 1 N–H and O–H groups in total. The van der Waals surface area contributed by atoms with E-state index in [1.54, 1.807) is 0 Å². The number of benzene rings is 1. The molecule has 0 saturated heterocycles. The van der Waals surface area contributed by atoms with Gasteiger partial charge < -0.3 is 5.32 Å². The second-order valence-electron chi connectivity index (χ2n) is 4.83. The molecule has 1 aromatic rings. The Morgan fingerprint density at radius 3 is 2.33 bits per heavy atom. The van der Waals surface area contributed by atoms with Crippen LogP contribution in [-0.2, 0) is 6.54 Å². The maximum Gasteiger partial charge on any atom is 0.0465 e.